The second-order valence-electron chi connectivity index (χ2n) is 28.4. The van der Waals surface area contributed by atoms with E-state index in [1.54, 1.807) is 0 Å². The lowest BCUT2D eigenvalue weighted by Crippen LogP contribution is -2.30. The van der Waals surface area contributed by atoms with E-state index in [9.17, 15) is 43.2 Å². The molecule has 0 radical (unpaired) electrons. The van der Waals surface area contributed by atoms with E-state index in [2.05, 4.69) is 55.4 Å². The summed E-state index contributed by atoms with van der Waals surface area (Å²) in [5.41, 5.74) is 0. The quantitative estimate of drug-likeness (QED) is 0.0222. The molecule has 0 aliphatic carbocycles. The van der Waals surface area contributed by atoms with Crippen LogP contribution >= 0.6 is 15.6 Å². The van der Waals surface area contributed by atoms with Gasteiger partial charge in [0.05, 0.1) is 26.4 Å². The SMILES string of the molecule is CCC(C)CCCCCCCCCCCCCCCCC(=O)OC[C@H](COP(=O)(O)OC[C@@H](O)COP(=O)(O)OC[C@@H](COC(=O)CCCCCCCCC(C)C)OC(=O)CCCCCCCCCCCCCCCCC(C)C)OC(=O)CCCCCCCCC(C)C. The van der Waals surface area contributed by atoms with Gasteiger partial charge in [-0.3, -0.25) is 37.3 Å². The van der Waals surface area contributed by atoms with Crippen LogP contribution in [0.4, 0.5) is 0 Å². The van der Waals surface area contributed by atoms with Gasteiger partial charge in [0.25, 0.3) is 0 Å². The third kappa shape index (κ3) is 67.0. The molecule has 552 valence electrons. The molecule has 0 aromatic rings. The Balaban J connectivity index is 5.15. The number of aliphatic hydroxyl groups is 1. The molecule has 0 spiro atoms. The van der Waals surface area contributed by atoms with Crippen molar-refractivity contribution in [2.75, 3.05) is 39.6 Å². The van der Waals surface area contributed by atoms with Gasteiger partial charge in [-0.2, -0.15) is 0 Å². The van der Waals surface area contributed by atoms with E-state index >= 15 is 0 Å². The van der Waals surface area contributed by atoms with Gasteiger partial charge in [0.1, 0.15) is 19.3 Å². The number of phosphoric ester groups is 2. The van der Waals surface area contributed by atoms with E-state index < -0.39 is 97.5 Å². The van der Waals surface area contributed by atoms with Gasteiger partial charge >= 0.3 is 39.5 Å². The lowest BCUT2D eigenvalue weighted by molar-refractivity contribution is -0.161. The molecule has 19 heteroatoms. The first-order valence-corrected chi connectivity index (χ1v) is 41.2. The van der Waals surface area contributed by atoms with Gasteiger partial charge in [-0.15, -0.1) is 0 Å². The lowest BCUT2D eigenvalue weighted by Gasteiger charge is -2.21. The molecule has 0 heterocycles. The van der Waals surface area contributed by atoms with Crippen LogP contribution in [0.25, 0.3) is 0 Å². The minimum atomic E-state index is -4.95. The highest BCUT2D eigenvalue weighted by Gasteiger charge is 2.30. The van der Waals surface area contributed by atoms with Crippen molar-refractivity contribution >= 4 is 39.5 Å². The number of ether oxygens (including phenoxy) is 4. The second kappa shape index (κ2) is 63.5. The molecule has 6 atom stereocenters. The van der Waals surface area contributed by atoms with Gasteiger partial charge in [-0.25, -0.2) is 9.13 Å². The zero-order valence-electron chi connectivity index (χ0n) is 60.9. The number of carbonyl (C=O) groups is 4. The van der Waals surface area contributed by atoms with E-state index in [-0.39, 0.29) is 25.7 Å². The topological polar surface area (TPSA) is 237 Å². The highest BCUT2D eigenvalue weighted by atomic mass is 31.2. The Labute approximate surface area is 568 Å². The summed E-state index contributed by atoms with van der Waals surface area (Å²) >= 11 is 0. The fourth-order valence-electron chi connectivity index (χ4n) is 11.2. The summed E-state index contributed by atoms with van der Waals surface area (Å²) in [5.74, 6) is 0.864. The van der Waals surface area contributed by atoms with Crippen molar-refractivity contribution in [3.8, 4) is 0 Å². The van der Waals surface area contributed by atoms with Crippen LogP contribution in [-0.4, -0.2) is 96.7 Å². The van der Waals surface area contributed by atoms with Crippen molar-refractivity contribution < 1.29 is 80.2 Å². The summed E-state index contributed by atoms with van der Waals surface area (Å²) in [6.07, 6.45) is 47.5. The summed E-state index contributed by atoms with van der Waals surface area (Å²) in [5, 5.41) is 10.6. The molecule has 0 rings (SSSR count). The highest BCUT2D eigenvalue weighted by Crippen LogP contribution is 2.45. The first-order valence-electron chi connectivity index (χ1n) is 38.2. The third-order valence-corrected chi connectivity index (χ3v) is 19.3. The average molecular weight is 1370 g/mol. The molecule has 0 aromatic heterocycles. The first kappa shape index (κ1) is 91.1. The Morgan fingerprint density at radius 2 is 0.516 bits per heavy atom. The van der Waals surface area contributed by atoms with Gasteiger partial charge in [0.2, 0.25) is 0 Å². The third-order valence-electron chi connectivity index (χ3n) is 17.4. The molecule has 0 aliphatic heterocycles. The molecule has 3 N–H and O–H groups in total. The number of phosphoric acid groups is 2. The van der Waals surface area contributed by atoms with Crippen molar-refractivity contribution in [2.24, 2.45) is 23.7 Å². The van der Waals surface area contributed by atoms with Crippen LogP contribution in [0.3, 0.4) is 0 Å². The zero-order valence-corrected chi connectivity index (χ0v) is 62.7. The molecule has 0 aliphatic rings. The first-order chi connectivity index (χ1) is 44.6. The number of carbonyl (C=O) groups excluding carboxylic acids is 4. The van der Waals surface area contributed by atoms with Crippen molar-refractivity contribution in [3.63, 3.8) is 0 Å². The predicted octanol–water partition coefficient (Wildman–Crippen LogP) is 21.3. The normalized spacial score (nSPS) is 14.5. The molecule has 0 bridgehead atoms. The summed E-state index contributed by atoms with van der Waals surface area (Å²) in [6, 6.07) is 0. The van der Waals surface area contributed by atoms with Gasteiger partial charge in [-0.05, 0) is 49.4 Å². The highest BCUT2D eigenvalue weighted by molar-refractivity contribution is 7.47. The average Bonchev–Trinajstić information content (AvgIpc) is 1.99. The van der Waals surface area contributed by atoms with Crippen LogP contribution in [0.2, 0.25) is 0 Å². The van der Waals surface area contributed by atoms with Crippen molar-refractivity contribution in [1.29, 1.82) is 0 Å². The second-order valence-corrected chi connectivity index (χ2v) is 31.3. The smallest absolute Gasteiger partial charge is 0.462 e. The molecular weight excluding hydrogens is 1220 g/mol. The number of hydrogen-bond donors (Lipinski definition) is 3. The van der Waals surface area contributed by atoms with E-state index in [1.165, 1.54) is 167 Å². The molecule has 0 aromatic carbocycles. The van der Waals surface area contributed by atoms with Crippen molar-refractivity contribution in [3.05, 3.63) is 0 Å². The lowest BCUT2D eigenvalue weighted by atomic mass is 9.99. The summed E-state index contributed by atoms with van der Waals surface area (Å²) in [7, 11) is -9.91. The molecule has 93 heavy (non-hydrogen) atoms. The zero-order chi connectivity index (χ0) is 68.9. The number of unbranched alkanes of at least 4 members (excludes halogenated alkanes) is 36. The van der Waals surface area contributed by atoms with Gasteiger partial charge in [-0.1, -0.05) is 319 Å². The van der Waals surface area contributed by atoms with E-state index in [4.69, 9.17) is 37.0 Å². The molecular formula is C74H144O17P2. The molecule has 17 nitrogen and oxygen atoms in total. The summed E-state index contributed by atoms with van der Waals surface area (Å²) in [4.78, 5) is 72.6. The molecule has 0 fully saturated rings. The van der Waals surface area contributed by atoms with Gasteiger partial charge in [0.15, 0.2) is 12.2 Å². The number of rotatable bonds is 71. The van der Waals surface area contributed by atoms with Gasteiger partial charge < -0.3 is 33.8 Å². The molecule has 3 unspecified atom stereocenters. The number of hydrogen-bond acceptors (Lipinski definition) is 15. The minimum absolute atomic E-state index is 0.102. The van der Waals surface area contributed by atoms with E-state index in [1.807, 2.05) is 0 Å². The Kier molecular flexibility index (Phi) is 62.2. The largest absolute Gasteiger partial charge is 0.472 e. The Bertz CT molecular complexity index is 1840. The van der Waals surface area contributed by atoms with Crippen LogP contribution in [0.5, 0.6) is 0 Å². The predicted molar refractivity (Wildman–Crippen MR) is 377 cm³/mol. The maximum atomic E-state index is 13.0. The monoisotopic (exact) mass is 1370 g/mol. The van der Waals surface area contributed by atoms with Crippen molar-refractivity contribution in [1.82, 2.24) is 0 Å². The van der Waals surface area contributed by atoms with Gasteiger partial charge in [0, 0.05) is 25.7 Å². The maximum Gasteiger partial charge on any atom is 0.472 e. The Morgan fingerprint density at radius 3 is 0.763 bits per heavy atom. The van der Waals surface area contributed by atoms with E-state index in [0.29, 0.717) is 37.5 Å². The standard InChI is InChI=1S/C74H144O17P2/c1-9-67(8)53-45-37-27-23-19-15-11-13-16-20-24-28-38-46-54-71(76)84-60-70(91-74(79)57-49-41-33-31-36-44-52-66(6)7)63-89-93(82,83)87-59-68(75)58-86-92(80,81)88-62-69(61-85-72(77)55-47-39-32-30-35-43-51-65(4)5)90-73(78)56-48-40-29-25-21-17-12-10-14-18-22-26-34-42-50-64(2)3/h64-70,75H,9-63H2,1-8H3,(H,80,81)(H,82,83)/t67?,68-,69+,70+/m0/s1. The van der Waals surface area contributed by atoms with E-state index in [0.717, 1.165) is 108 Å². The molecule has 0 saturated carbocycles. The fraction of sp³-hybridized carbons (Fsp3) is 0.946. The Hall–Kier alpha value is -1.94. The molecule has 0 saturated heterocycles. The minimum Gasteiger partial charge on any atom is -0.462 e. The van der Waals surface area contributed by atoms with Crippen LogP contribution in [-0.2, 0) is 65.4 Å². The van der Waals surface area contributed by atoms with Crippen LogP contribution < -0.4 is 0 Å². The van der Waals surface area contributed by atoms with Crippen molar-refractivity contribution in [2.45, 2.75) is 388 Å². The fourth-order valence-corrected chi connectivity index (χ4v) is 12.7. The number of aliphatic hydroxyl groups excluding tert-OH is 1. The molecule has 0 amide bonds. The maximum absolute atomic E-state index is 13.0. The summed E-state index contributed by atoms with van der Waals surface area (Å²) < 4.78 is 68.3. The van der Waals surface area contributed by atoms with Crippen LogP contribution in [0, 0.1) is 23.7 Å². The Morgan fingerprint density at radius 1 is 0.301 bits per heavy atom. The number of esters is 4. The van der Waals surface area contributed by atoms with Crippen LogP contribution in [0.1, 0.15) is 370 Å². The van der Waals surface area contributed by atoms with Crippen LogP contribution in [0.15, 0.2) is 0 Å². The summed E-state index contributed by atoms with van der Waals surface area (Å²) in [6.45, 7) is 14.1.